The van der Waals surface area contributed by atoms with Crippen LogP contribution < -0.4 is 21.7 Å². The summed E-state index contributed by atoms with van der Waals surface area (Å²) in [5, 5.41) is 9.97. The molecule has 0 rings (SSSR count). The van der Waals surface area contributed by atoms with E-state index in [2.05, 4.69) is 35.0 Å². The van der Waals surface area contributed by atoms with Crippen molar-refractivity contribution >= 4 is 0 Å². The molecule has 0 unspecified atom stereocenters. The summed E-state index contributed by atoms with van der Waals surface area (Å²) in [5.41, 5.74) is 5.39. The van der Waals surface area contributed by atoms with Crippen molar-refractivity contribution in [3.8, 4) is 0 Å². The summed E-state index contributed by atoms with van der Waals surface area (Å²) in [6.45, 7) is 9.07. The smallest absolute Gasteiger partial charge is 0.0135 e. The van der Waals surface area contributed by atoms with Crippen molar-refractivity contribution < 1.29 is 0 Å². The Morgan fingerprint density at radius 1 is 0.875 bits per heavy atom. The molecule has 5 N–H and O–H groups in total. The third-order valence-corrected chi connectivity index (χ3v) is 2.21. The number of nitrogens with one attached hydrogen (secondary N) is 3. The third kappa shape index (κ3) is 13.6. The Labute approximate surface area is 100 Å². The van der Waals surface area contributed by atoms with E-state index in [9.17, 15) is 0 Å². The van der Waals surface area contributed by atoms with Gasteiger partial charge in [-0.05, 0) is 45.6 Å². The van der Waals surface area contributed by atoms with Crippen molar-refractivity contribution in [1.82, 2.24) is 16.0 Å². The fraction of sp³-hybridized carbons (Fsp3) is 0.833. The van der Waals surface area contributed by atoms with Crippen molar-refractivity contribution in [3.63, 3.8) is 0 Å². The lowest BCUT2D eigenvalue weighted by atomic mass is 10.4. The summed E-state index contributed by atoms with van der Waals surface area (Å²) in [7, 11) is 0. The van der Waals surface area contributed by atoms with E-state index in [1.807, 2.05) is 0 Å². The van der Waals surface area contributed by atoms with E-state index in [0.29, 0.717) is 0 Å². The molecular weight excluding hydrogens is 200 g/mol. The first kappa shape index (κ1) is 15.6. The molecule has 0 atom stereocenters. The highest BCUT2D eigenvalue weighted by Gasteiger charge is 1.85. The quantitative estimate of drug-likeness (QED) is 0.282. The van der Waals surface area contributed by atoms with Gasteiger partial charge in [0.2, 0.25) is 0 Å². The predicted molar refractivity (Wildman–Crippen MR) is 71.7 cm³/mol. The van der Waals surface area contributed by atoms with Gasteiger partial charge in [-0.1, -0.05) is 19.1 Å². The van der Waals surface area contributed by atoms with Crippen molar-refractivity contribution in [1.29, 1.82) is 0 Å². The van der Waals surface area contributed by atoms with Crippen LogP contribution in [-0.2, 0) is 0 Å². The fourth-order valence-corrected chi connectivity index (χ4v) is 1.28. The number of nitrogens with two attached hydrogens (primary N) is 1. The van der Waals surface area contributed by atoms with Crippen LogP contribution in [0.1, 0.15) is 19.8 Å². The van der Waals surface area contributed by atoms with E-state index in [4.69, 9.17) is 5.73 Å². The number of hydrogen-bond acceptors (Lipinski definition) is 4. The predicted octanol–water partition coefficient (Wildman–Crippen LogP) is 0.0702. The van der Waals surface area contributed by atoms with Gasteiger partial charge < -0.3 is 21.7 Å². The standard InChI is InChI=1S/C12H28N4/c1-2-14-11-6-12-16-9-4-3-8-15-10-5-7-13/h3-4,14-16H,2,5-13H2,1H3. The van der Waals surface area contributed by atoms with Crippen LogP contribution in [-0.4, -0.2) is 45.8 Å². The zero-order chi connectivity index (χ0) is 11.9. The van der Waals surface area contributed by atoms with Crippen LogP contribution in [0.3, 0.4) is 0 Å². The van der Waals surface area contributed by atoms with E-state index in [-0.39, 0.29) is 0 Å². The van der Waals surface area contributed by atoms with Crippen molar-refractivity contribution in [2.75, 3.05) is 45.8 Å². The van der Waals surface area contributed by atoms with Gasteiger partial charge in [-0.3, -0.25) is 0 Å². The maximum atomic E-state index is 5.39. The van der Waals surface area contributed by atoms with Gasteiger partial charge >= 0.3 is 0 Å². The average Bonchev–Trinajstić information content (AvgIpc) is 2.31. The second-order valence-corrected chi connectivity index (χ2v) is 3.73. The molecule has 0 saturated carbocycles. The molecule has 0 aliphatic rings. The Morgan fingerprint density at radius 2 is 1.44 bits per heavy atom. The Morgan fingerprint density at radius 3 is 2.00 bits per heavy atom. The first-order valence-corrected chi connectivity index (χ1v) is 6.39. The highest BCUT2D eigenvalue weighted by Crippen LogP contribution is 1.75. The zero-order valence-corrected chi connectivity index (χ0v) is 10.6. The van der Waals surface area contributed by atoms with Crippen molar-refractivity contribution in [3.05, 3.63) is 12.2 Å². The molecule has 0 bridgehead atoms. The van der Waals surface area contributed by atoms with E-state index in [0.717, 1.165) is 52.2 Å². The van der Waals surface area contributed by atoms with Crippen molar-refractivity contribution in [2.24, 2.45) is 5.73 Å². The topological polar surface area (TPSA) is 62.1 Å². The van der Waals surface area contributed by atoms with Crippen LogP contribution in [0.4, 0.5) is 0 Å². The Bertz CT molecular complexity index is 148. The van der Waals surface area contributed by atoms with Gasteiger partial charge in [0, 0.05) is 13.1 Å². The first-order valence-electron chi connectivity index (χ1n) is 6.39. The van der Waals surface area contributed by atoms with Gasteiger partial charge in [-0.25, -0.2) is 0 Å². The molecule has 0 saturated heterocycles. The normalized spacial score (nSPS) is 11.4. The minimum Gasteiger partial charge on any atom is -0.330 e. The molecule has 0 fully saturated rings. The maximum Gasteiger partial charge on any atom is 0.0135 e. The van der Waals surface area contributed by atoms with Gasteiger partial charge in [-0.15, -0.1) is 0 Å². The molecule has 0 aromatic heterocycles. The summed E-state index contributed by atoms with van der Waals surface area (Å²) in [5.74, 6) is 0. The molecule has 0 amide bonds. The van der Waals surface area contributed by atoms with Gasteiger partial charge in [-0.2, -0.15) is 0 Å². The van der Waals surface area contributed by atoms with Crippen LogP contribution in [0.5, 0.6) is 0 Å². The molecule has 0 aromatic carbocycles. The van der Waals surface area contributed by atoms with Crippen LogP contribution in [0, 0.1) is 0 Å². The van der Waals surface area contributed by atoms with E-state index in [1.54, 1.807) is 0 Å². The molecule has 4 heteroatoms. The lowest BCUT2D eigenvalue weighted by molar-refractivity contribution is 0.628. The van der Waals surface area contributed by atoms with E-state index >= 15 is 0 Å². The Kier molecular flexibility index (Phi) is 14.2. The van der Waals surface area contributed by atoms with Gasteiger partial charge in [0.05, 0.1) is 0 Å². The SMILES string of the molecule is CCNCCCNCC=CCNCCCN. The molecule has 96 valence electrons. The maximum absolute atomic E-state index is 5.39. The molecule has 0 aliphatic heterocycles. The summed E-state index contributed by atoms with van der Waals surface area (Å²) in [6, 6.07) is 0. The molecule has 0 heterocycles. The summed E-state index contributed by atoms with van der Waals surface area (Å²) in [6.07, 6.45) is 6.57. The molecule has 0 aromatic rings. The van der Waals surface area contributed by atoms with Crippen LogP contribution >= 0.6 is 0 Å². The van der Waals surface area contributed by atoms with E-state index in [1.165, 1.54) is 6.42 Å². The minimum atomic E-state index is 0.768. The lowest BCUT2D eigenvalue weighted by Crippen LogP contribution is -2.22. The summed E-state index contributed by atoms with van der Waals surface area (Å²) >= 11 is 0. The molecule has 4 nitrogen and oxygen atoms in total. The van der Waals surface area contributed by atoms with E-state index < -0.39 is 0 Å². The molecule has 0 aliphatic carbocycles. The van der Waals surface area contributed by atoms with Gasteiger partial charge in [0.15, 0.2) is 0 Å². The van der Waals surface area contributed by atoms with Gasteiger partial charge in [0.25, 0.3) is 0 Å². The minimum absolute atomic E-state index is 0.768. The first-order chi connectivity index (χ1) is 7.91. The average molecular weight is 228 g/mol. The number of rotatable bonds is 12. The highest BCUT2D eigenvalue weighted by molar-refractivity contribution is 4.85. The second-order valence-electron chi connectivity index (χ2n) is 3.73. The largest absolute Gasteiger partial charge is 0.330 e. The zero-order valence-electron chi connectivity index (χ0n) is 10.6. The van der Waals surface area contributed by atoms with Crippen molar-refractivity contribution in [2.45, 2.75) is 19.8 Å². The Hall–Kier alpha value is -0.420. The summed E-state index contributed by atoms with van der Waals surface area (Å²) < 4.78 is 0. The highest BCUT2D eigenvalue weighted by atomic mass is 14.9. The third-order valence-electron chi connectivity index (χ3n) is 2.21. The molecule has 0 spiro atoms. The van der Waals surface area contributed by atoms with Gasteiger partial charge in [0.1, 0.15) is 0 Å². The second kappa shape index (κ2) is 14.6. The molecule has 0 radical (unpaired) electrons. The Balaban J connectivity index is 2.98. The number of hydrogen-bond donors (Lipinski definition) is 4. The summed E-state index contributed by atoms with van der Waals surface area (Å²) in [4.78, 5) is 0. The fourth-order valence-electron chi connectivity index (χ4n) is 1.28. The molecular formula is C12H28N4. The van der Waals surface area contributed by atoms with Crippen LogP contribution in [0.2, 0.25) is 0 Å². The van der Waals surface area contributed by atoms with Crippen LogP contribution in [0.25, 0.3) is 0 Å². The van der Waals surface area contributed by atoms with Crippen LogP contribution in [0.15, 0.2) is 12.2 Å². The molecule has 16 heavy (non-hydrogen) atoms. The lowest BCUT2D eigenvalue weighted by Gasteiger charge is -2.02. The monoisotopic (exact) mass is 228 g/mol.